The molecule has 13 rings (SSSR count). The summed E-state index contributed by atoms with van der Waals surface area (Å²) in [7, 11) is 0. The van der Waals surface area contributed by atoms with Gasteiger partial charge in [0.25, 0.3) is 0 Å². The van der Waals surface area contributed by atoms with E-state index in [0.717, 1.165) is 67.2 Å². The summed E-state index contributed by atoms with van der Waals surface area (Å²) in [5.74, 6) is 0. The van der Waals surface area contributed by atoms with Crippen molar-refractivity contribution < 1.29 is 0 Å². The minimum absolute atomic E-state index is 1.09. The van der Waals surface area contributed by atoms with Crippen LogP contribution < -0.4 is 4.90 Å². The highest BCUT2D eigenvalue weighted by Crippen LogP contribution is 2.41. The van der Waals surface area contributed by atoms with Crippen LogP contribution in [0.1, 0.15) is 29.2 Å². The molecule has 358 valence electrons. The standard InChI is InChI=1S/C74H52N2/c1-3-52(65-30-14-22-56-17-7-10-27-66(56)65)34-33-51(2)60-41-47-73-70(49-60)71-50-61(53-20-13-21-59(36-35-53)68-31-15-23-57-18-8-11-28-67(57)68)42-48-74(71)76(73)64-45-39-55(40-46-64)54-37-43-63(44-38-54)75(62-25-5-4-6-26-62)72-32-16-24-58-19-9-12-29-69(58)72/h3-12,14-50H,1H2,2H3. The van der Waals surface area contributed by atoms with Gasteiger partial charge < -0.3 is 9.47 Å². The Hall–Kier alpha value is -9.98. The number of anilines is 3. The molecule has 1 aromatic heterocycles. The lowest BCUT2D eigenvalue weighted by Crippen LogP contribution is -2.10. The Labute approximate surface area is 444 Å². The van der Waals surface area contributed by atoms with E-state index in [1.54, 1.807) is 0 Å². The zero-order valence-corrected chi connectivity index (χ0v) is 42.2. The van der Waals surface area contributed by atoms with E-state index >= 15 is 0 Å². The lowest BCUT2D eigenvalue weighted by molar-refractivity contribution is 1.18. The fourth-order valence-electron chi connectivity index (χ4n) is 11.1. The summed E-state index contributed by atoms with van der Waals surface area (Å²) in [6, 6.07) is 87.7. The molecule has 0 saturated heterocycles. The summed E-state index contributed by atoms with van der Waals surface area (Å²) in [6.45, 7) is 6.43. The smallest absolute Gasteiger partial charge is 0.0541 e. The van der Waals surface area contributed by atoms with E-state index < -0.39 is 0 Å². The summed E-state index contributed by atoms with van der Waals surface area (Å²) in [5, 5.41) is 9.71. The largest absolute Gasteiger partial charge is 0.310 e. The molecular weight excluding hydrogens is 917 g/mol. The highest BCUT2D eigenvalue weighted by Gasteiger charge is 2.18. The van der Waals surface area contributed by atoms with Crippen LogP contribution in [0.5, 0.6) is 0 Å². The maximum absolute atomic E-state index is 4.23. The molecule has 0 fully saturated rings. The van der Waals surface area contributed by atoms with Gasteiger partial charge in [0.05, 0.1) is 16.7 Å². The van der Waals surface area contributed by atoms with E-state index in [4.69, 9.17) is 0 Å². The first-order chi connectivity index (χ1) is 37.6. The predicted octanol–water partition coefficient (Wildman–Crippen LogP) is 20.2. The Balaban J connectivity index is 0.883. The minimum Gasteiger partial charge on any atom is -0.310 e. The van der Waals surface area contributed by atoms with Gasteiger partial charge in [-0.05, 0) is 168 Å². The van der Waals surface area contributed by atoms with Gasteiger partial charge in [0.15, 0.2) is 0 Å². The molecule has 11 aromatic carbocycles. The van der Waals surface area contributed by atoms with Crippen LogP contribution >= 0.6 is 0 Å². The van der Waals surface area contributed by atoms with Gasteiger partial charge in [-0.25, -0.2) is 0 Å². The molecule has 0 unspecified atom stereocenters. The highest BCUT2D eigenvalue weighted by molar-refractivity contribution is 6.11. The summed E-state index contributed by atoms with van der Waals surface area (Å²) in [6.07, 6.45) is 15.1. The van der Waals surface area contributed by atoms with Crippen LogP contribution in [-0.4, -0.2) is 4.57 Å². The summed E-state index contributed by atoms with van der Waals surface area (Å²) < 4.78 is 2.41. The third-order valence-corrected chi connectivity index (χ3v) is 15.0. The van der Waals surface area contributed by atoms with Crippen LogP contribution in [0, 0.1) is 0 Å². The number of rotatable bonds is 11. The number of hydrogen-bond donors (Lipinski definition) is 0. The van der Waals surface area contributed by atoms with Gasteiger partial charge in [-0.2, -0.15) is 0 Å². The van der Waals surface area contributed by atoms with Crippen molar-refractivity contribution in [3.05, 3.63) is 320 Å². The van der Waals surface area contributed by atoms with Crippen molar-refractivity contribution in [2.75, 3.05) is 4.90 Å². The van der Waals surface area contributed by atoms with Crippen LogP contribution in [-0.2, 0) is 0 Å². The SMILES string of the molecule is C=CC(=CC=C(C)c1ccc2c(c1)c1cc(C3=CC=C(c4cccc5ccccc45)C=C=C3)ccc1n2-c1ccc(-c2ccc(N(c3ccccc3)c3cccc4ccccc34)cc2)cc1)c1cccc2ccccc12. The van der Waals surface area contributed by atoms with Crippen molar-refractivity contribution in [3.8, 4) is 16.8 Å². The lowest BCUT2D eigenvalue weighted by Gasteiger charge is -2.27. The molecule has 0 bridgehead atoms. The summed E-state index contributed by atoms with van der Waals surface area (Å²) >= 11 is 0. The topological polar surface area (TPSA) is 8.17 Å². The molecule has 0 N–H and O–H groups in total. The van der Waals surface area contributed by atoms with E-state index in [2.05, 4.69) is 308 Å². The molecule has 12 aromatic rings. The van der Waals surface area contributed by atoms with Crippen LogP contribution in [0.3, 0.4) is 0 Å². The van der Waals surface area contributed by atoms with E-state index in [0.29, 0.717) is 0 Å². The normalized spacial score (nSPS) is 12.9. The van der Waals surface area contributed by atoms with Crippen molar-refractivity contribution in [2.24, 2.45) is 0 Å². The summed E-state index contributed by atoms with van der Waals surface area (Å²) in [5.41, 5.74) is 21.8. The molecule has 76 heavy (non-hydrogen) atoms. The maximum Gasteiger partial charge on any atom is 0.0541 e. The number of benzene rings is 11. The van der Waals surface area contributed by atoms with Crippen molar-refractivity contribution >= 4 is 93.5 Å². The van der Waals surface area contributed by atoms with Crippen molar-refractivity contribution in [1.82, 2.24) is 4.57 Å². The molecule has 0 atom stereocenters. The molecule has 0 saturated carbocycles. The second-order valence-corrected chi connectivity index (χ2v) is 19.5. The second kappa shape index (κ2) is 19.8. The number of allylic oxidation sites excluding steroid dienone is 10. The number of fused-ring (bicyclic) bond motifs is 6. The zero-order valence-electron chi connectivity index (χ0n) is 42.2. The Morgan fingerprint density at radius 1 is 0.447 bits per heavy atom. The quantitative estimate of drug-likeness (QED) is 0.0926. The van der Waals surface area contributed by atoms with Crippen molar-refractivity contribution in [2.45, 2.75) is 6.92 Å². The number of hydrogen-bond acceptors (Lipinski definition) is 1. The fraction of sp³-hybridized carbons (Fsp3) is 0.0135. The third kappa shape index (κ3) is 8.49. The molecular formula is C74H52N2. The molecule has 2 heteroatoms. The van der Waals surface area contributed by atoms with Crippen LogP contribution in [0.4, 0.5) is 17.1 Å². The molecule has 1 aliphatic rings. The van der Waals surface area contributed by atoms with Crippen LogP contribution in [0.2, 0.25) is 0 Å². The van der Waals surface area contributed by atoms with Crippen molar-refractivity contribution in [3.63, 3.8) is 0 Å². The fourth-order valence-corrected chi connectivity index (χ4v) is 11.1. The number of aromatic nitrogens is 1. The first-order valence-electron chi connectivity index (χ1n) is 26.0. The van der Waals surface area contributed by atoms with Crippen LogP contribution in [0.15, 0.2) is 297 Å². The number of nitrogens with zero attached hydrogens (tertiary/aromatic N) is 2. The Morgan fingerprint density at radius 2 is 1.00 bits per heavy atom. The first kappa shape index (κ1) is 45.9. The van der Waals surface area contributed by atoms with Gasteiger partial charge in [0, 0.05) is 33.2 Å². The molecule has 0 spiro atoms. The summed E-state index contributed by atoms with van der Waals surface area (Å²) in [4.78, 5) is 2.35. The first-order valence-corrected chi connectivity index (χ1v) is 26.0. The average Bonchev–Trinajstić information content (AvgIpc) is 3.61. The lowest BCUT2D eigenvalue weighted by atomic mass is 9.97. The van der Waals surface area contributed by atoms with Crippen LogP contribution in [0.25, 0.3) is 93.2 Å². The molecule has 0 amide bonds. The average molecular weight is 969 g/mol. The number of para-hydroxylation sites is 1. The maximum atomic E-state index is 4.23. The highest BCUT2D eigenvalue weighted by atomic mass is 15.1. The van der Waals surface area contributed by atoms with Gasteiger partial charge in [-0.1, -0.05) is 213 Å². The van der Waals surface area contributed by atoms with Gasteiger partial charge in [-0.15, -0.1) is 5.73 Å². The molecule has 1 heterocycles. The van der Waals surface area contributed by atoms with E-state index in [1.807, 2.05) is 6.08 Å². The molecule has 0 radical (unpaired) electrons. The predicted molar refractivity (Wildman–Crippen MR) is 327 cm³/mol. The second-order valence-electron chi connectivity index (χ2n) is 19.5. The van der Waals surface area contributed by atoms with Crippen molar-refractivity contribution in [1.29, 1.82) is 0 Å². The Bertz CT molecular complexity index is 4420. The minimum atomic E-state index is 1.09. The van der Waals surface area contributed by atoms with Gasteiger partial charge in [-0.3, -0.25) is 0 Å². The molecule has 2 nitrogen and oxygen atoms in total. The van der Waals surface area contributed by atoms with E-state index in [9.17, 15) is 0 Å². The molecule has 1 aliphatic carbocycles. The van der Waals surface area contributed by atoms with Gasteiger partial charge in [0.1, 0.15) is 0 Å². The Kier molecular flexibility index (Phi) is 11.9. The Morgan fingerprint density at radius 3 is 1.75 bits per heavy atom. The van der Waals surface area contributed by atoms with E-state index in [1.165, 1.54) is 65.4 Å². The zero-order chi connectivity index (χ0) is 51.0. The molecule has 0 aliphatic heterocycles. The van der Waals surface area contributed by atoms with Gasteiger partial charge in [0.2, 0.25) is 0 Å². The van der Waals surface area contributed by atoms with Gasteiger partial charge >= 0.3 is 0 Å². The third-order valence-electron chi connectivity index (χ3n) is 15.0. The van der Waals surface area contributed by atoms with E-state index in [-0.39, 0.29) is 0 Å². The monoisotopic (exact) mass is 968 g/mol.